The highest BCUT2D eigenvalue weighted by molar-refractivity contribution is 7.09. The van der Waals surface area contributed by atoms with Gasteiger partial charge in [-0.25, -0.2) is 0 Å². The van der Waals surface area contributed by atoms with Crippen molar-refractivity contribution in [3.63, 3.8) is 0 Å². The lowest BCUT2D eigenvalue weighted by molar-refractivity contribution is -0.138. The minimum Gasteiger partial charge on any atom is -0.497 e. The van der Waals surface area contributed by atoms with E-state index < -0.39 is 0 Å². The maximum Gasteiger partial charge on any atom is 0.262 e. The van der Waals surface area contributed by atoms with Gasteiger partial charge in [0.1, 0.15) is 11.5 Å². The predicted octanol–water partition coefficient (Wildman–Crippen LogP) is 6.53. The molecule has 186 valence electrons. The van der Waals surface area contributed by atoms with Gasteiger partial charge in [-0.2, -0.15) is 0 Å². The number of rotatable bonds is 7. The van der Waals surface area contributed by atoms with Crippen LogP contribution in [0.5, 0.6) is 11.5 Å². The largest absolute Gasteiger partial charge is 0.497 e. The normalized spacial score (nSPS) is 21.0. The monoisotopic (exact) mass is 484 g/mol. The van der Waals surface area contributed by atoms with Crippen LogP contribution in [0, 0.1) is 0 Å². The molecule has 1 saturated heterocycles. The van der Waals surface area contributed by atoms with Gasteiger partial charge in [0, 0.05) is 10.4 Å². The van der Waals surface area contributed by atoms with Crippen molar-refractivity contribution in [1.82, 2.24) is 10.2 Å². The first kappa shape index (κ1) is 25.1. The molecule has 0 bridgehead atoms. The molecular weight excluding hydrogens is 444 g/mol. The molecule has 1 atom stereocenters. The Bertz CT molecular complexity index is 858. The molecule has 1 aromatic carbocycles. The summed E-state index contributed by atoms with van der Waals surface area (Å²) >= 11 is 1.71. The fraction of sp³-hybridized carbons (Fsp3) is 0.607. The molecular formula is C28H40N2O3S. The van der Waals surface area contributed by atoms with E-state index in [-0.39, 0.29) is 24.2 Å². The molecule has 1 amide bonds. The van der Waals surface area contributed by atoms with E-state index in [9.17, 15) is 4.79 Å². The number of nitrogens with zero attached hydrogens (tertiary/aromatic N) is 1. The average molecular weight is 485 g/mol. The third-order valence-electron chi connectivity index (χ3n) is 7.44. The fourth-order valence-corrected chi connectivity index (χ4v) is 6.24. The van der Waals surface area contributed by atoms with E-state index in [0.717, 1.165) is 12.2 Å². The second-order valence-electron chi connectivity index (χ2n) is 9.87. The number of hydrogen-bond donors (Lipinski definition) is 1. The number of carbonyl (C=O) groups is 1. The predicted molar refractivity (Wildman–Crippen MR) is 138 cm³/mol. The van der Waals surface area contributed by atoms with Gasteiger partial charge in [0.15, 0.2) is 6.61 Å². The summed E-state index contributed by atoms with van der Waals surface area (Å²) in [6.45, 7) is 0.680. The van der Waals surface area contributed by atoms with Crippen molar-refractivity contribution in [3.05, 3.63) is 46.7 Å². The molecule has 1 aliphatic heterocycles. The van der Waals surface area contributed by atoms with Gasteiger partial charge in [-0.15, -0.1) is 11.3 Å². The minimum atomic E-state index is 0.0404. The summed E-state index contributed by atoms with van der Waals surface area (Å²) in [5.74, 6) is 1.50. The zero-order chi connectivity index (χ0) is 23.6. The molecule has 0 radical (unpaired) electrons. The van der Waals surface area contributed by atoms with Crippen LogP contribution in [0.2, 0.25) is 0 Å². The van der Waals surface area contributed by atoms with Crippen molar-refractivity contribution >= 4 is 17.2 Å². The highest BCUT2D eigenvalue weighted by Crippen LogP contribution is 2.35. The van der Waals surface area contributed by atoms with Crippen molar-refractivity contribution in [2.75, 3.05) is 13.7 Å². The van der Waals surface area contributed by atoms with Gasteiger partial charge in [0.05, 0.1) is 19.8 Å². The summed E-state index contributed by atoms with van der Waals surface area (Å²) in [6.07, 6.45) is 15.3. The zero-order valence-corrected chi connectivity index (χ0v) is 21.4. The van der Waals surface area contributed by atoms with Gasteiger partial charge < -0.3 is 14.4 Å². The molecule has 5 nitrogen and oxygen atoms in total. The number of carbonyl (C=O) groups excluding carboxylic acids is 1. The molecule has 2 fully saturated rings. The van der Waals surface area contributed by atoms with Crippen LogP contribution in [0.3, 0.4) is 0 Å². The van der Waals surface area contributed by atoms with Crippen LogP contribution < -0.4 is 14.8 Å². The summed E-state index contributed by atoms with van der Waals surface area (Å²) in [4.78, 5) is 16.8. The van der Waals surface area contributed by atoms with Gasteiger partial charge >= 0.3 is 0 Å². The Balaban J connectivity index is 1.45. The molecule has 1 aromatic heterocycles. The van der Waals surface area contributed by atoms with Gasteiger partial charge in [-0.1, -0.05) is 51.0 Å². The molecule has 2 aromatic rings. The average Bonchev–Trinajstić information content (AvgIpc) is 3.39. The number of hydrogen-bond acceptors (Lipinski definition) is 5. The molecule has 1 N–H and O–H groups in total. The van der Waals surface area contributed by atoms with Crippen LogP contribution in [0.1, 0.15) is 81.9 Å². The van der Waals surface area contributed by atoms with Gasteiger partial charge in [0.25, 0.3) is 5.91 Å². The molecule has 34 heavy (non-hydrogen) atoms. The summed E-state index contributed by atoms with van der Waals surface area (Å²) in [6, 6.07) is 11.6. The van der Waals surface area contributed by atoms with Crippen LogP contribution in [0.4, 0.5) is 0 Å². The van der Waals surface area contributed by atoms with Gasteiger partial charge in [-0.05, 0) is 67.8 Å². The second kappa shape index (κ2) is 12.6. The Morgan fingerprint density at radius 1 is 0.971 bits per heavy atom. The third-order valence-corrected chi connectivity index (χ3v) is 8.30. The Kier molecular flexibility index (Phi) is 9.28. The number of thiophene rings is 1. The van der Waals surface area contributed by atoms with Crippen molar-refractivity contribution < 1.29 is 14.3 Å². The Labute approximate surface area is 208 Å². The Morgan fingerprint density at radius 2 is 1.62 bits per heavy atom. The standard InChI is InChI=1S/C28H40N2O3S/c1-32-23-13-15-24(16-14-23)33-22-27(31)30(21-25-11-10-20-34-25)26-12-9-19-28(29-26)17-7-5-3-2-4-6-8-18-28/h10-11,13-16,20,26,29H,2-9,12,17-19,21-22H2,1H3. The van der Waals surface area contributed by atoms with E-state index in [1.807, 2.05) is 29.2 Å². The van der Waals surface area contributed by atoms with Crippen molar-refractivity contribution in [1.29, 1.82) is 0 Å². The first-order valence-corrected chi connectivity index (χ1v) is 13.9. The van der Waals surface area contributed by atoms with Crippen LogP contribution in [0.15, 0.2) is 41.8 Å². The first-order chi connectivity index (χ1) is 16.7. The van der Waals surface area contributed by atoms with E-state index in [0.29, 0.717) is 12.3 Å². The number of amides is 1. The molecule has 2 heterocycles. The maximum atomic E-state index is 13.5. The molecule has 1 spiro atoms. The first-order valence-electron chi connectivity index (χ1n) is 13.0. The van der Waals surface area contributed by atoms with E-state index in [1.165, 1.54) is 75.5 Å². The van der Waals surface area contributed by atoms with E-state index in [1.54, 1.807) is 18.4 Å². The third kappa shape index (κ3) is 6.98. The Morgan fingerprint density at radius 3 is 2.26 bits per heavy atom. The van der Waals surface area contributed by atoms with E-state index >= 15 is 0 Å². The van der Waals surface area contributed by atoms with Gasteiger partial charge in [0.2, 0.25) is 0 Å². The number of methoxy groups -OCH3 is 1. The van der Waals surface area contributed by atoms with E-state index in [4.69, 9.17) is 9.47 Å². The number of benzene rings is 1. The minimum absolute atomic E-state index is 0.0404. The summed E-state index contributed by atoms with van der Waals surface area (Å²) in [7, 11) is 1.64. The van der Waals surface area contributed by atoms with Crippen LogP contribution in [0.25, 0.3) is 0 Å². The molecule has 6 heteroatoms. The highest BCUT2D eigenvalue weighted by atomic mass is 32.1. The maximum absolute atomic E-state index is 13.5. The lowest BCUT2D eigenvalue weighted by Gasteiger charge is -2.47. The van der Waals surface area contributed by atoms with Crippen LogP contribution in [-0.4, -0.2) is 36.2 Å². The van der Waals surface area contributed by atoms with Crippen molar-refractivity contribution in [2.45, 2.75) is 95.3 Å². The Hall–Kier alpha value is -2.05. The quantitative estimate of drug-likeness (QED) is 0.486. The topological polar surface area (TPSA) is 50.8 Å². The van der Waals surface area contributed by atoms with Gasteiger partial charge in [-0.3, -0.25) is 10.1 Å². The fourth-order valence-electron chi connectivity index (χ4n) is 5.54. The molecule has 1 aliphatic carbocycles. The molecule has 2 aliphatic rings. The summed E-state index contributed by atoms with van der Waals surface area (Å²) in [5.41, 5.74) is 0.172. The van der Waals surface area contributed by atoms with Crippen molar-refractivity contribution in [2.24, 2.45) is 0 Å². The highest BCUT2D eigenvalue weighted by Gasteiger charge is 2.38. The second-order valence-corrected chi connectivity index (χ2v) is 10.9. The summed E-state index contributed by atoms with van der Waals surface area (Å²) < 4.78 is 11.1. The molecule has 4 rings (SSSR count). The molecule has 1 saturated carbocycles. The van der Waals surface area contributed by atoms with Crippen LogP contribution >= 0.6 is 11.3 Å². The van der Waals surface area contributed by atoms with E-state index in [2.05, 4.69) is 22.8 Å². The summed E-state index contributed by atoms with van der Waals surface area (Å²) in [5, 5.41) is 6.12. The van der Waals surface area contributed by atoms with Crippen molar-refractivity contribution in [3.8, 4) is 11.5 Å². The zero-order valence-electron chi connectivity index (χ0n) is 20.6. The smallest absolute Gasteiger partial charge is 0.262 e. The number of nitrogens with one attached hydrogen (secondary N) is 1. The number of piperidine rings is 1. The lowest BCUT2D eigenvalue weighted by atomic mass is 9.78. The molecule has 1 unspecified atom stereocenters. The SMILES string of the molecule is COc1ccc(OCC(=O)N(Cc2cccs2)C2CCCC3(CCCCCCCCC3)N2)cc1. The number of ether oxygens (including phenoxy) is 2. The lowest BCUT2D eigenvalue weighted by Crippen LogP contribution is -2.61. The van der Waals surface area contributed by atoms with Crippen LogP contribution in [-0.2, 0) is 11.3 Å².